The van der Waals surface area contributed by atoms with Gasteiger partial charge in [-0.25, -0.2) is 4.98 Å². The van der Waals surface area contributed by atoms with Crippen molar-refractivity contribution in [2.45, 2.75) is 90.2 Å². The molecule has 5 unspecified atom stereocenters. The van der Waals surface area contributed by atoms with E-state index >= 15 is 0 Å². The molecule has 2 aliphatic rings. The largest absolute Gasteiger partial charge is 0.352 e. The van der Waals surface area contributed by atoms with Gasteiger partial charge < -0.3 is 9.88 Å². The van der Waals surface area contributed by atoms with Crippen LogP contribution in [0.25, 0.3) is 0 Å². The summed E-state index contributed by atoms with van der Waals surface area (Å²) >= 11 is 1.59. The smallest absolute Gasteiger partial charge is 0.233 e. The number of imidazole rings is 1. The Morgan fingerprint density at radius 1 is 1.23 bits per heavy atom. The highest BCUT2D eigenvalue weighted by atomic mass is 32.2. The van der Waals surface area contributed by atoms with Gasteiger partial charge in [0.1, 0.15) is 0 Å². The summed E-state index contributed by atoms with van der Waals surface area (Å²) in [6, 6.07) is 0.291. The number of fused-ring (bicyclic) bond motifs is 2. The molecule has 1 amide bonds. The van der Waals surface area contributed by atoms with Crippen LogP contribution in [0.5, 0.6) is 0 Å². The monoisotopic (exact) mass is 377 g/mol. The fraction of sp³-hybridized carbons (Fsp3) is 0.810. The van der Waals surface area contributed by atoms with Gasteiger partial charge in [-0.2, -0.15) is 0 Å². The predicted octanol–water partition coefficient (Wildman–Crippen LogP) is 4.58. The van der Waals surface area contributed by atoms with Gasteiger partial charge in [0.2, 0.25) is 5.91 Å². The second-order valence-corrected chi connectivity index (χ2v) is 10.3. The number of carbonyl (C=O) groups excluding carboxylic acids is 1. The molecule has 0 radical (unpaired) electrons. The fourth-order valence-corrected chi connectivity index (χ4v) is 5.88. The lowest BCUT2D eigenvalue weighted by Gasteiger charge is -2.29. The number of hydrogen-bond donors (Lipinski definition) is 1. The summed E-state index contributed by atoms with van der Waals surface area (Å²) in [5.41, 5.74) is 2.28. The Bertz CT molecular complexity index is 654. The van der Waals surface area contributed by atoms with Gasteiger partial charge in [0.25, 0.3) is 0 Å². The molecular formula is C21H35N3OS. The van der Waals surface area contributed by atoms with E-state index in [9.17, 15) is 4.79 Å². The van der Waals surface area contributed by atoms with Crippen molar-refractivity contribution in [1.82, 2.24) is 14.9 Å². The summed E-state index contributed by atoms with van der Waals surface area (Å²) < 4.78 is 2.27. The van der Waals surface area contributed by atoms with Crippen LogP contribution in [0, 0.1) is 37.5 Å². The van der Waals surface area contributed by atoms with Gasteiger partial charge in [-0.15, -0.1) is 0 Å². The third-order valence-electron chi connectivity index (χ3n) is 6.43. The van der Waals surface area contributed by atoms with Crippen LogP contribution in [0.1, 0.15) is 64.8 Å². The average molecular weight is 378 g/mol. The van der Waals surface area contributed by atoms with E-state index in [1.165, 1.54) is 31.4 Å². The zero-order chi connectivity index (χ0) is 19.0. The van der Waals surface area contributed by atoms with Gasteiger partial charge in [0, 0.05) is 18.3 Å². The van der Waals surface area contributed by atoms with Crippen LogP contribution >= 0.6 is 11.8 Å². The Balaban J connectivity index is 1.60. The number of rotatable bonds is 7. The Labute approximate surface area is 162 Å². The number of nitrogens with one attached hydrogen (secondary N) is 1. The number of amides is 1. The molecular weight excluding hydrogens is 342 g/mol. The minimum Gasteiger partial charge on any atom is -0.352 e. The minimum atomic E-state index is -0.122. The van der Waals surface area contributed by atoms with Gasteiger partial charge in [-0.1, -0.05) is 32.0 Å². The minimum absolute atomic E-state index is 0.122. The Kier molecular flexibility index (Phi) is 6.05. The maximum absolute atomic E-state index is 12.8. The number of thioether (sulfide) groups is 1. The van der Waals surface area contributed by atoms with Crippen molar-refractivity contribution in [3.8, 4) is 0 Å². The first kappa shape index (κ1) is 19.8. The lowest BCUT2D eigenvalue weighted by atomic mass is 9.84. The van der Waals surface area contributed by atoms with Gasteiger partial charge in [0.15, 0.2) is 5.16 Å². The molecule has 5 atom stereocenters. The SMILES string of the molecule is Cc1nc(SC(C)C(=O)NC(C)C2CC3CCC2C3)n(CC(C)C)c1C. The second-order valence-electron chi connectivity index (χ2n) is 8.97. The van der Waals surface area contributed by atoms with E-state index in [0.717, 1.165) is 29.2 Å². The van der Waals surface area contributed by atoms with Crippen LogP contribution in [0.15, 0.2) is 5.16 Å². The number of hydrogen-bond acceptors (Lipinski definition) is 3. The summed E-state index contributed by atoms with van der Waals surface area (Å²) in [6.07, 6.45) is 5.47. The van der Waals surface area contributed by atoms with E-state index in [4.69, 9.17) is 4.98 Å². The average Bonchev–Trinajstić information content (AvgIpc) is 3.26. The zero-order valence-electron chi connectivity index (χ0n) is 17.2. The molecule has 0 spiro atoms. The molecule has 1 aromatic rings. The fourth-order valence-electron chi connectivity index (χ4n) is 4.86. The molecule has 146 valence electrons. The lowest BCUT2D eigenvalue weighted by Crippen LogP contribution is -2.43. The summed E-state index contributed by atoms with van der Waals surface area (Å²) in [5, 5.41) is 4.17. The van der Waals surface area contributed by atoms with Gasteiger partial charge >= 0.3 is 0 Å². The van der Waals surface area contributed by atoms with Crippen molar-refractivity contribution in [2.24, 2.45) is 23.7 Å². The van der Waals surface area contributed by atoms with Crippen LogP contribution in [-0.4, -0.2) is 26.8 Å². The maximum Gasteiger partial charge on any atom is 0.233 e. The van der Waals surface area contributed by atoms with Crippen LogP contribution in [0.4, 0.5) is 0 Å². The number of aryl methyl sites for hydroxylation is 1. The normalized spacial score (nSPS) is 27.1. The number of carbonyl (C=O) groups is 1. The van der Waals surface area contributed by atoms with Crippen molar-refractivity contribution in [3.05, 3.63) is 11.4 Å². The van der Waals surface area contributed by atoms with E-state index in [1.54, 1.807) is 11.8 Å². The first-order chi connectivity index (χ1) is 12.3. The summed E-state index contributed by atoms with van der Waals surface area (Å²) in [4.78, 5) is 17.5. The molecule has 3 rings (SSSR count). The molecule has 1 aromatic heterocycles. The topological polar surface area (TPSA) is 46.9 Å². The molecule has 4 nitrogen and oxygen atoms in total. The summed E-state index contributed by atoms with van der Waals surface area (Å²) in [5.74, 6) is 3.16. The Morgan fingerprint density at radius 3 is 2.54 bits per heavy atom. The van der Waals surface area contributed by atoms with E-state index in [0.29, 0.717) is 17.9 Å². The summed E-state index contributed by atoms with van der Waals surface area (Å²) in [6.45, 7) is 13.8. The van der Waals surface area contributed by atoms with Crippen LogP contribution < -0.4 is 5.32 Å². The molecule has 0 aromatic carbocycles. The standard InChI is InChI=1S/C21H35N3OS/c1-12(2)11-24-15(5)13(3)23-21(24)26-16(6)20(25)22-14(4)19-10-17-7-8-18(19)9-17/h12,14,16-19H,7-11H2,1-6H3,(H,22,25). The van der Waals surface area contributed by atoms with E-state index in [1.807, 2.05) is 6.92 Å². The van der Waals surface area contributed by atoms with Crippen molar-refractivity contribution < 1.29 is 4.79 Å². The Hall–Kier alpha value is -0.970. The van der Waals surface area contributed by atoms with Crippen LogP contribution in [-0.2, 0) is 11.3 Å². The highest BCUT2D eigenvalue weighted by molar-refractivity contribution is 8.00. The van der Waals surface area contributed by atoms with Gasteiger partial charge in [0.05, 0.1) is 10.9 Å². The van der Waals surface area contributed by atoms with Crippen LogP contribution in [0.2, 0.25) is 0 Å². The predicted molar refractivity (Wildman–Crippen MR) is 108 cm³/mol. The van der Waals surface area contributed by atoms with E-state index < -0.39 is 0 Å². The highest BCUT2D eigenvalue weighted by Gasteiger charge is 2.42. The van der Waals surface area contributed by atoms with Crippen molar-refractivity contribution in [2.75, 3.05) is 0 Å². The molecule has 0 saturated heterocycles. The third kappa shape index (κ3) is 4.13. The molecule has 2 fully saturated rings. The molecule has 2 saturated carbocycles. The van der Waals surface area contributed by atoms with Crippen LogP contribution in [0.3, 0.4) is 0 Å². The quantitative estimate of drug-likeness (QED) is 0.708. The lowest BCUT2D eigenvalue weighted by molar-refractivity contribution is -0.121. The molecule has 2 bridgehead atoms. The van der Waals surface area contributed by atoms with E-state index in [-0.39, 0.29) is 11.2 Å². The van der Waals surface area contributed by atoms with Gasteiger partial charge in [-0.3, -0.25) is 4.79 Å². The molecule has 1 N–H and O–H groups in total. The van der Waals surface area contributed by atoms with Crippen molar-refractivity contribution >= 4 is 17.7 Å². The number of nitrogens with zero attached hydrogens (tertiary/aromatic N) is 2. The first-order valence-corrected chi connectivity index (χ1v) is 11.1. The molecule has 1 heterocycles. The highest BCUT2D eigenvalue weighted by Crippen LogP contribution is 2.49. The molecule has 2 aliphatic carbocycles. The van der Waals surface area contributed by atoms with Gasteiger partial charge in [-0.05, 0) is 70.6 Å². The molecule has 5 heteroatoms. The maximum atomic E-state index is 12.8. The van der Waals surface area contributed by atoms with Crippen molar-refractivity contribution in [3.63, 3.8) is 0 Å². The zero-order valence-corrected chi connectivity index (χ0v) is 18.0. The summed E-state index contributed by atoms with van der Waals surface area (Å²) in [7, 11) is 0. The first-order valence-electron chi connectivity index (χ1n) is 10.3. The Morgan fingerprint density at radius 2 is 1.96 bits per heavy atom. The van der Waals surface area contributed by atoms with E-state index in [2.05, 4.69) is 44.5 Å². The third-order valence-corrected chi connectivity index (χ3v) is 7.52. The van der Waals surface area contributed by atoms with Crippen molar-refractivity contribution in [1.29, 1.82) is 0 Å². The molecule has 26 heavy (non-hydrogen) atoms. The number of aromatic nitrogens is 2. The second kappa shape index (κ2) is 7.95. The molecule has 0 aliphatic heterocycles.